The Balaban J connectivity index is 2.34. The van der Waals surface area contributed by atoms with Crippen molar-refractivity contribution in [3.8, 4) is 0 Å². The van der Waals surface area contributed by atoms with E-state index in [1.54, 1.807) is 12.1 Å². The van der Waals surface area contributed by atoms with Crippen LogP contribution in [0.4, 0.5) is 0 Å². The van der Waals surface area contributed by atoms with Crippen LogP contribution in [0.25, 0.3) is 0 Å². The van der Waals surface area contributed by atoms with Gasteiger partial charge in [0, 0.05) is 10.9 Å². The number of esters is 1. The van der Waals surface area contributed by atoms with Crippen molar-refractivity contribution in [2.45, 2.75) is 53.1 Å². The van der Waals surface area contributed by atoms with E-state index >= 15 is 0 Å². The molecule has 0 radical (unpaired) electrons. The van der Waals surface area contributed by atoms with Gasteiger partial charge in [-0.1, -0.05) is 37.6 Å². The first kappa shape index (κ1) is 18.0. The maximum Gasteiger partial charge on any atom is 0.320 e. The van der Waals surface area contributed by atoms with Crippen molar-refractivity contribution in [3.63, 3.8) is 0 Å². The molecule has 0 bridgehead atoms. The third-order valence-corrected chi connectivity index (χ3v) is 4.90. The van der Waals surface area contributed by atoms with Crippen LogP contribution in [0.3, 0.4) is 0 Å². The highest BCUT2D eigenvalue weighted by molar-refractivity contribution is 6.30. The number of carbonyl (C=O) groups is 2. The summed E-state index contributed by atoms with van der Waals surface area (Å²) in [4.78, 5) is 25.8. The molecular weight excluding hydrogens is 312 g/mol. The molecule has 0 spiro atoms. The van der Waals surface area contributed by atoms with Crippen LogP contribution in [-0.4, -0.2) is 17.9 Å². The topological polar surface area (TPSA) is 43.4 Å². The van der Waals surface area contributed by atoms with E-state index in [0.717, 1.165) is 12.0 Å². The summed E-state index contributed by atoms with van der Waals surface area (Å²) >= 11 is 5.93. The van der Waals surface area contributed by atoms with Gasteiger partial charge < -0.3 is 4.74 Å². The number of hydrogen-bond donors (Lipinski definition) is 0. The maximum absolute atomic E-state index is 13.0. The lowest BCUT2D eigenvalue weighted by atomic mass is 9.77. The fourth-order valence-electron chi connectivity index (χ4n) is 3.38. The minimum Gasteiger partial charge on any atom is -0.462 e. The molecule has 0 N–H and O–H groups in total. The minimum absolute atomic E-state index is 0.0353. The Morgan fingerprint density at radius 2 is 1.87 bits per heavy atom. The van der Waals surface area contributed by atoms with Crippen LogP contribution in [0.15, 0.2) is 24.3 Å². The van der Waals surface area contributed by atoms with Gasteiger partial charge in [-0.25, -0.2) is 0 Å². The van der Waals surface area contributed by atoms with Gasteiger partial charge in [0.25, 0.3) is 0 Å². The molecule has 1 aromatic carbocycles. The zero-order valence-electron chi connectivity index (χ0n) is 14.3. The van der Waals surface area contributed by atoms with E-state index in [-0.39, 0.29) is 29.7 Å². The number of carbonyl (C=O) groups excluding carboxylic acids is 2. The van der Waals surface area contributed by atoms with Gasteiger partial charge in [-0.05, 0) is 56.7 Å². The highest BCUT2D eigenvalue weighted by Gasteiger charge is 2.54. The molecule has 1 fully saturated rings. The van der Waals surface area contributed by atoms with Crippen LogP contribution >= 0.6 is 11.6 Å². The summed E-state index contributed by atoms with van der Waals surface area (Å²) < 4.78 is 5.45. The number of ether oxygens (including phenoxy) is 1. The quantitative estimate of drug-likeness (QED) is 0.589. The fourth-order valence-corrected chi connectivity index (χ4v) is 3.50. The largest absolute Gasteiger partial charge is 0.462 e. The van der Waals surface area contributed by atoms with Gasteiger partial charge >= 0.3 is 5.97 Å². The summed E-state index contributed by atoms with van der Waals surface area (Å²) in [5.41, 5.74) is -0.111. The number of Topliss-reactive ketones (excluding diaryl/α,β-unsaturated/α-hetero) is 1. The third kappa shape index (κ3) is 3.77. The average Bonchev–Trinajstić information content (AvgIpc) is 2.79. The molecule has 0 saturated heterocycles. The highest BCUT2D eigenvalue weighted by atomic mass is 35.5. The predicted molar refractivity (Wildman–Crippen MR) is 91.4 cm³/mol. The first-order valence-corrected chi connectivity index (χ1v) is 8.64. The summed E-state index contributed by atoms with van der Waals surface area (Å²) in [6.07, 6.45) is 1.47. The van der Waals surface area contributed by atoms with Gasteiger partial charge in [0.2, 0.25) is 0 Å². The van der Waals surface area contributed by atoms with Crippen LogP contribution in [0.2, 0.25) is 5.02 Å². The second kappa shape index (κ2) is 7.04. The van der Waals surface area contributed by atoms with Gasteiger partial charge in [-0.15, -0.1) is 0 Å². The molecule has 4 heteroatoms. The molecule has 0 aliphatic heterocycles. The van der Waals surface area contributed by atoms with Crippen LogP contribution in [0.5, 0.6) is 0 Å². The molecule has 2 rings (SSSR count). The summed E-state index contributed by atoms with van der Waals surface area (Å²) in [5, 5.41) is 0.644. The minimum atomic E-state index is -1.05. The second-order valence-electron chi connectivity index (χ2n) is 7.09. The summed E-state index contributed by atoms with van der Waals surface area (Å²) in [5.74, 6) is -0.174. The van der Waals surface area contributed by atoms with E-state index in [1.807, 2.05) is 39.8 Å². The third-order valence-electron chi connectivity index (χ3n) is 4.65. The monoisotopic (exact) mass is 336 g/mol. The second-order valence-corrected chi connectivity index (χ2v) is 7.53. The molecule has 3 nitrogen and oxygen atoms in total. The van der Waals surface area contributed by atoms with E-state index in [9.17, 15) is 9.59 Å². The summed E-state index contributed by atoms with van der Waals surface area (Å²) in [6.45, 7) is 7.70. The lowest BCUT2D eigenvalue weighted by molar-refractivity contribution is -0.163. The predicted octanol–water partition coefficient (Wildman–Crippen LogP) is 4.46. The Hall–Kier alpha value is -1.35. The van der Waals surface area contributed by atoms with Gasteiger partial charge in [0.1, 0.15) is 5.41 Å². The Labute approximate surface area is 143 Å². The van der Waals surface area contributed by atoms with E-state index in [2.05, 4.69) is 0 Å². The van der Waals surface area contributed by atoms with Crippen LogP contribution in [-0.2, 0) is 20.7 Å². The number of ketones is 1. The van der Waals surface area contributed by atoms with Crippen molar-refractivity contribution in [3.05, 3.63) is 34.9 Å². The van der Waals surface area contributed by atoms with E-state index in [1.165, 1.54) is 0 Å². The van der Waals surface area contributed by atoms with Crippen LogP contribution in [0.1, 0.15) is 46.1 Å². The first-order valence-electron chi connectivity index (χ1n) is 8.26. The molecule has 0 heterocycles. The van der Waals surface area contributed by atoms with E-state index < -0.39 is 5.41 Å². The Morgan fingerprint density at radius 3 is 2.35 bits per heavy atom. The lowest BCUT2D eigenvalue weighted by Crippen LogP contribution is -2.42. The van der Waals surface area contributed by atoms with E-state index in [4.69, 9.17) is 16.3 Å². The molecule has 0 aromatic heterocycles. The van der Waals surface area contributed by atoms with Crippen molar-refractivity contribution in [2.24, 2.45) is 17.3 Å². The standard InChI is InChI=1S/C19H25ClO3/c1-12(2)16-9-10-19(17(16)21,18(22)23-13(3)4)11-14-5-7-15(20)8-6-14/h5-8,12-13,16H,9-11H2,1-4H3. The van der Waals surface area contributed by atoms with Crippen molar-refractivity contribution in [1.29, 1.82) is 0 Å². The first-order chi connectivity index (χ1) is 10.8. The van der Waals surface area contributed by atoms with Gasteiger partial charge in [0.05, 0.1) is 6.10 Å². The Morgan fingerprint density at radius 1 is 1.26 bits per heavy atom. The van der Waals surface area contributed by atoms with E-state index in [0.29, 0.717) is 17.9 Å². The number of halogens is 1. The molecule has 23 heavy (non-hydrogen) atoms. The molecule has 2 unspecified atom stereocenters. The van der Waals surface area contributed by atoms with Crippen LogP contribution in [0, 0.1) is 17.3 Å². The number of benzene rings is 1. The van der Waals surface area contributed by atoms with Gasteiger partial charge in [-0.2, -0.15) is 0 Å². The highest BCUT2D eigenvalue weighted by Crippen LogP contribution is 2.45. The molecule has 1 aliphatic rings. The normalized spacial score (nSPS) is 24.5. The number of hydrogen-bond acceptors (Lipinski definition) is 3. The molecule has 2 atom stereocenters. The average molecular weight is 337 g/mol. The molecule has 1 aliphatic carbocycles. The van der Waals surface area contributed by atoms with Crippen LogP contribution < -0.4 is 0 Å². The number of rotatable bonds is 5. The van der Waals surface area contributed by atoms with Gasteiger partial charge in [-0.3, -0.25) is 9.59 Å². The molecule has 0 amide bonds. The van der Waals surface area contributed by atoms with Crippen molar-refractivity contribution < 1.29 is 14.3 Å². The summed E-state index contributed by atoms with van der Waals surface area (Å²) in [6, 6.07) is 7.33. The molecule has 1 saturated carbocycles. The zero-order valence-corrected chi connectivity index (χ0v) is 15.0. The summed E-state index contributed by atoms with van der Waals surface area (Å²) in [7, 11) is 0. The van der Waals surface area contributed by atoms with Gasteiger partial charge in [0.15, 0.2) is 5.78 Å². The van der Waals surface area contributed by atoms with Crippen molar-refractivity contribution >= 4 is 23.4 Å². The molecule has 1 aromatic rings. The zero-order chi connectivity index (χ0) is 17.2. The lowest BCUT2D eigenvalue weighted by Gasteiger charge is -2.27. The Bertz CT molecular complexity index is 577. The maximum atomic E-state index is 13.0. The van der Waals surface area contributed by atoms with Crippen molar-refractivity contribution in [1.82, 2.24) is 0 Å². The smallest absolute Gasteiger partial charge is 0.320 e. The molecular formula is C19H25ClO3. The SMILES string of the molecule is CC(C)OC(=O)C1(Cc2ccc(Cl)cc2)CCC(C(C)C)C1=O. The molecule has 126 valence electrons. The van der Waals surface area contributed by atoms with Crippen molar-refractivity contribution in [2.75, 3.05) is 0 Å². The fraction of sp³-hybridized carbons (Fsp3) is 0.579. The Kier molecular flexibility index (Phi) is 5.51.